The van der Waals surface area contributed by atoms with E-state index in [0.29, 0.717) is 17.9 Å². The van der Waals surface area contributed by atoms with Crippen molar-refractivity contribution >= 4 is 15.6 Å². The van der Waals surface area contributed by atoms with Crippen molar-refractivity contribution in [1.82, 2.24) is 0 Å². The SMILES string of the molecule is CC(C)(C(=O)c1cccc2c1OCC2)S(C)(=O)=O. The standard InChI is InChI=1S/C13H16O4S/c1-13(2,18(3,15)16)12(14)10-6-4-5-9-7-8-17-11(9)10/h4-6H,7-8H2,1-3H3. The zero-order chi connectivity index (χ0) is 13.6. The average molecular weight is 268 g/mol. The molecule has 1 aromatic rings. The summed E-state index contributed by atoms with van der Waals surface area (Å²) in [6.45, 7) is 3.40. The predicted octanol–water partition coefficient (Wildman–Crippen LogP) is 1.63. The second-order valence-corrected chi connectivity index (χ2v) is 7.57. The third-order valence-electron chi connectivity index (χ3n) is 3.43. The number of ketones is 1. The van der Waals surface area contributed by atoms with Crippen molar-refractivity contribution in [2.24, 2.45) is 0 Å². The van der Waals surface area contributed by atoms with E-state index in [4.69, 9.17) is 4.74 Å². The average Bonchev–Trinajstić information content (AvgIpc) is 2.73. The van der Waals surface area contributed by atoms with E-state index in [1.165, 1.54) is 13.8 Å². The Morgan fingerprint density at radius 2 is 2.00 bits per heavy atom. The highest BCUT2D eigenvalue weighted by Gasteiger charge is 2.40. The summed E-state index contributed by atoms with van der Waals surface area (Å²) in [7, 11) is -3.47. The summed E-state index contributed by atoms with van der Waals surface area (Å²) in [6.07, 6.45) is 1.84. The topological polar surface area (TPSA) is 60.4 Å². The molecule has 0 aliphatic carbocycles. The van der Waals surface area contributed by atoms with Crippen LogP contribution in [-0.4, -0.2) is 31.8 Å². The van der Waals surface area contributed by atoms with Crippen molar-refractivity contribution in [3.05, 3.63) is 29.3 Å². The third kappa shape index (κ3) is 1.92. The molecule has 0 unspecified atom stereocenters. The zero-order valence-corrected chi connectivity index (χ0v) is 11.5. The molecule has 0 radical (unpaired) electrons. The summed E-state index contributed by atoms with van der Waals surface area (Å²) in [4.78, 5) is 12.4. The van der Waals surface area contributed by atoms with Gasteiger partial charge in [-0.25, -0.2) is 8.42 Å². The number of ether oxygens (including phenoxy) is 1. The molecule has 18 heavy (non-hydrogen) atoms. The molecule has 0 bridgehead atoms. The van der Waals surface area contributed by atoms with Gasteiger partial charge in [-0.3, -0.25) is 4.79 Å². The number of hydrogen-bond acceptors (Lipinski definition) is 4. The van der Waals surface area contributed by atoms with Gasteiger partial charge < -0.3 is 4.74 Å². The molecular weight excluding hydrogens is 252 g/mol. The van der Waals surface area contributed by atoms with Crippen LogP contribution in [0, 0.1) is 0 Å². The third-order valence-corrected chi connectivity index (χ3v) is 5.47. The molecule has 0 saturated heterocycles. The highest BCUT2D eigenvalue weighted by atomic mass is 32.2. The van der Waals surface area contributed by atoms with E-state index in [1.54, 1.807) is 12.1 Å². The molecule has 1 heterocycles. The Morgan fingerprint density at radius 1 is 1.33 bits per heavy atom. The summed E-state index contributed by atoms with van der Waals surface area (Å²) in [6, 6.07) is 5.28. The number of para-hydroxylation sites is 1. The van der Waals surface area contributed by atoms with Gasteiger partial charge in [0.05, 0.1) is 12.2 Å². The highest BCUT2D eigenvalue weighted by molar-refractivity contribution is 7.92. The first-order chi connectivity index (χ1) is 8.25. The Morgan fingerprint density at radius 3 is 2.61 bits per heavy atom. The van der Waals surface area contributed by atoms with Crippen LogP contribution in [0.3, 0.4) is 0 Å². The van der Waals surface area contributed by atoms with E-state index >= 15 is 0 Å². The number of fused-ring (bicyclic) bond motifs is 1. The lowest BCUT2D eigenvalue weighted by Gasteiger charge is -2.21. The highest BCUT2D eigenvalue weighted by Crippen LogP contribution is 2.33. The fraction of sp³-hybridized carbons (Fsp3) is 0.462. The van der Waals surface area contributed by atoms with Crippen LogP contribution in [0.25, 0.3) is 0 Å². The van der Waals surface area contributed by atoms with Gasteiger partial charge in [-0.2, -0.15) is 0 Å². The van der Waals surface area contributed by atoms with Crippen molar-refractivity contribution in [3.63, 3.8) is 0 Å². The molecule has 98 valence electrons. The van der Waals surface area contributed by atoms with Gasteiger partial charge in [0.25, 0.3) is 0 Å². The van der Waals surface area contributed by atoms with E-state index < -0.39 is 20.4 Å². The zero-order valence-electron chi connectivity index (χ0n) is 10.7. The van der Waals surface area contributed by atoms with Crippen molar-refractivity contribution in [3.8, 4) is 5.75 Å². The van der Waals surface area contributed by atoms with Crippen LogP contribution in [-0.2, 0) is 16.3 Å². The van der Waals surface area contributed by atoms with Crippen LogP contribution in [0.2, 0.25) is 0 Å². The second kappa shape index (κ2) is 4.09. The van der Waals surface area contributed by atoms with Gasteiger partial charge in [0, 0.05) is 12.7 Å². The molecule has 0 fully saturated rings. The number of carbonyl (C=O) groups excluding carboxylic acids is 1. The number of sulfone groups is 1. The summed E-state index contributed by atoms with van der Waals surface area (Å²) in [5, 5.41) is 0. The monoisotopic (exact) mass is 268 g/mol. The molecule has 2 rings (SSSR count). The summed E-state index contributed by atoms with van der Waals surface area (Å²) < 4.78 is 27.4. The van der Waals surface area contributed by atoms with Gasteiger partial charge in [-0.05, 0) is 25.5 Å². The van der Waals surface area contributed by atoms with Crippen LogP contribution in [0.15, 0.2) is 18.2 Å². The van der Waals surface area contributed by atoms with Crippen LogP contribution in [0.1, 0.15) is 29.8 Å². The lowest BCUT2D eigenvalue weighted by Crippen LogP contribution is -2.40. The van der Waals surface area contributed by atoms with E-state index in [0.717, 1.165) is 18.2 Å². The molecule has 1 aliphatic rings. The molecule has 1 aromatic carbocycles. The van der Waals surface area contributed by atoms with Crippen molar-refractivity contribution in [1.29, 1.82) is 0 Å². The fourth-order valence-corrected chi connectivity index (χ4v) is 2.33. The molecule has 0 atom stereocenters. The van der Waals surface area contributed by atoms with E-state index in [9.17, 15) is 13.2 Å². The summed E-state index contributed by atoms with van der Waals surface area (Å²) >= 11 is 0. The first kappa shape index (κ1) is 13.1. The Bertz CT molecular complexity index is 599. The van der Waals surface area contributed by atoms with Crippen LogP contribution >= 0.6 is 0 Å². The van der Waals surface area contributed by atoms with Crippen LogP contribution in [0.4, 0.5) is 0 Å². The summed E-state index contributed by atoms with van der Waals surface area (Å²) in [5.74, 6) is 0.128. The van der Waals surface area contributed by atoms with E-state index in [1.807, 2.05) is 6.07 Å². The molecule has 0 amide bonds. The molecule has 5 heteroatoms. The Balaban J connectivity index is 2.52. The maximum absolute atomic E-state index is 12.4. The lowest BCUT2D eigenvalue weighted by atomic mass is 9.97. The minimum absolute atomic E-state index is 0.362. The van der Waals surface area contributed by atoms with Gasteiger partial charge in [0.2, 0.25) is 0 Å². The van der Waals surface area contributed by atoms with Crippen LogP contribution < -0.4 is 4.74 Å². The Kier molecular flexibility index (Phi) is 2.97. The molecule has 0 spiro atoms. The maximum Gasteiger partial charge on any atom is 0.187 e. The largest absolute Gasteiger partial charge is 0.492 e. The maximum atomic E-state index is 12.4. The second-order valence-electron chi connectivity index (χ2n) is 5.00. The first-order valence-electron chi connectivity index (χ1n) is 5.74. The smallest absolute Gasteiger partial charge is 0.187 e. The Hall–Kier alpha value is -1.36. The van der Waals surface area contributed by atoms with Crippen LogP contribution in [0.5, 0.6) is 5.75 Å². The number of rotatable bonds is 3. The normalized spacial score (nSPS) is 15.1. The molecule has 0 aromatic heterocycles. The minimum Gasteiger partial charge on any atom is -0.492 e. The van der Waals surface area contributed by atoms with Crippen molar-refractivity contribution < 1.29 is 17.9 Å². The van der Waals surface area contributed by atoms with Gasteiger partial charge in [-0.1, -0.05) is 12.1 Å². The quantitative estimate of drug-likeness (QED) is 0.782. The molecule has 4 nitrogen and oxygen atoms in total. The number of Topliss-reactive ketones (excluding diaryl/α,β-unsaturated/α-hetero) is 1. The molecule has 0 N–H and O–H groups in total. The van der Waals surface area contributed by atoms with Crippen molar-refractivity contribution in [2.75, 3.05) is 12.9 Å². The number of carbonyl (C=O) groups is 1. The Labute approximate surface area is 107 Å². The van der Waals surface area contributed by atoms with E-state index in [-0.39, 0.29) is 0 Å². The minimum atomic E-state index is -3.47. The predicted molar refractivity (Wildman–Crippen MR) is 68.9 cm³/mol. The van der Waals surface area contributed by atoms with Gasteiger partial charge >= 0.3 is 0 Å². The van der Waals surface area contributed by atoms with Crippen molar-refractivity contribution in [2.45, 2.75) is 25.0 Å². The fourth-order valence-electron chi connectivity index (χ4n) is 1.89. The van der Waals surface area contributed by atoms with Gasteiger partial charge in [0.1, 0.15) is 10.5 Å². The first-order valence-corrected chi connectivity index (χ1v) is 7.63. The van der Waals surface area contributed by atoms with Gasteiger partial charge in [0.15, 0.2) is 15.6 Å². The number of benzene rings is 1. The van der Waals surface area contributed by atoms with E-state index in [2.05, 4.69) is 0 Å². The summed E-state index contributed by atoms with van der Waals surface area (Å²) in [5.41, 5.74) is 1.32. The molecule has 0 saturated carbocycles. The molecule has 1 aliphatic heterocycles. The lowest BCUT2D eigenvalue weighted by molar-refractivity contribution is 0.0951. The molecular formula is C13H16O4S. The number of hydrogen-bond donors (Lipinski definition) is 0. The van der Waals surface area contributed by atoms with Gasteiger partial charge in [-0.15, -0.1) is 0 Å².